The van der Waals surface area contributed by atoms with E-state index in [4.69, 9.17) is 16.1 Å². The average Bonchev–Trinajstić information content (AvgIpc) is 3.09. The van der Waals surface area contributed by atoms with Crippen molar-refractivity contribution in [1.82, 2.24) is 25.3 Å². The quantitative estimate of drug-likeness (QED) is 0.738. The molecule has 0 aliphatic carbocycles. The second kappa shape index (κ2) is 5.87. The zero-order chi connectivity index (χ0) is 14.8. The number of rotatable bonds is 4. The van der Waals surface area contributed by atoms with Gasteiger partial charge >= 0.3 is 0 Å². The first-order valence-corrected chi connectivity index (χ1v) is 7.53. The zero-order valence-corrected chi connectivity index (χ0v) is 12.9. The highest BCUT2D eigenvalue weighted by molar-refractivity contribution is 7.99. The Kier molecular flexibility index (Phi) is 3.94. The van der Waals surface area contributed by atoms with Gasteiger partial charge in [-0.05, 0) is 38.1 Å². The maximum Gasteiger partial charge on any atom is 0.239 e. The molecular formula is C13H12ClN5OS. The molecule has 0 fully saturated rings. The van der Waals surface area contributed by atoms with Crippen LogP contribution in [0.2, 0.25) is 5.02 Å². The van der Waals surface area contributed by atoms with E-state index in [1.807, 2.05) is 31.2 Å². The van der Waals surface area contributed by atoms with Gasteiger partial charge in [0.05, 0.1) is 5.25 Å². The molecule has 0 aliphatic heterocycles. The fraction of sp³-hybridized carbons (Fsp3) is 0.231. The normalized spacial score (nSPS) is 12.5. The third-order valence-electron chi connectivity index (χ3n) is 2.76. The predicted octanol–water partition coefficient (Wildman–Crippen LogP) is 3.67. The van der Waals surface area contributed by atoms with Gasteiger partial charge < -0.3 is 4.52 Å². The third kappa shape index (κ3) is 3.25. The molecule has 1 aromatic carbocycles. The topological polar surface area (TPSA) is 80.5 Å². The van der Waals surface area contributed by atoms with Gasteiger partial charge in [0.25, 0.3) is 0 Å². The number of aromatic amines is 1. The first kappa shape index (κ1) is 14.1. The second-order valence-electron chi connectivity index (χ2n) is 4.41. The van der Waals surface area contributed by atoms with Gasteiger partial charge in [0.2, 0.25) is 11.0 Å². The van der Waals surface area contributed by atoms with Crippen molar-refractivity contribution in [2.24, 2.45) is 0 Å². The molecule has 8 heteroatoms. The number of nitrogens with one attached hydrogen (secondary N) is 1. The van der Waals surface area contributed by atoms with E-state index in [0.717, 1.165) is 5.56 Å². The van der Waals surface area contributed by atoms with Crippen molar-refractivity contribution >= 4 is 23.4 Å². The van der Waals surface area contributed by atoms with Gasteiger partial charge in [-0.2, -0.15) is 4.98 Å². The summed E-state index contributed by atoms with van der Waals surface area (Å²) < 4.78 is 5.14. The Bertz CT molecular complexity index is 739. The van der Waals surface area contributed by atoms with E-state index in [-0.39, 0.29) is 5.25 Å². The molecule has 21 heavy (non-hydrogen) atoms. The first-order valence-electron chi connectivity index (χ1n) is 6.27. The van der Waals surface area contributed by atoms with E-state index in [1.165, 1.54) is 11.8 Å². The standard InChI is InChI=1S/C13H12ClN5OS/c1-7(12-15-8(2)19-20-12)21-13-16-11(17-18-13)9-3-5-10(14)6-4-9/h3-7H,1-2H3,(H,16,17,18). The molecule has 6 nitrogen and oxygen atoms in total. The zero-order valence-electron chi connectivity index (χ0n) is 11.4. The third-order valence-corrected chi connectivity index (χ3v) is 3.96. The number of aromatic nitrogens is 5. The highest BCUT2D eigenvalue weighted by atomic mass is 35.5. The van der Waals surface area contributed by atoms with Gasteiger partial charge in [-0.3, -0.25) is 5.10 Å². The Balaban J connectivity index is 1.74. The number of nitrogens with zero attached hydrogens (tertiary/aromatic N) is 4. The minimum absolute atomic E-state index is 0.0138. The van der Waals surface area contributed by atoms with Crippen molar-refractivity contribution in [1.29, 1.82) is 0 Å². The van der Waals surface area contributed by atoms with Gasteiger partial charge in [0, 0.05) is 10.6 Å². The van der Waals surface area contributed by atoms with E-state index in [1.54, 1.807) is 6.92 Å². The van der Waals surface area contributed by atoms with E-state index >= 15 is 0 Å². The average molecular weight is 322 g/mol. The molecule has 1 atom stereocenters. The van der Waals surface area contributed by atoms with Crippen LogP contribution in [-0.2, 0) is 0 Å². The van der Waals surface area contributed by atoms with Gasteiger partial charge in [0.1, 0.15) is 0 Å². The molecule has 0 spiro atoms. The molecule has 3 aromatic rings. The maximum atomic E-state index is 5.87. The first-order chi connectivity index (χ1) is 10.1. The molecule has 2 heterocycles. The Morgan fingerprint density at radius 2 is 2.00 bits per heavy atom. The minimum Gasteiger partial charge on any atom is -0.338 e. The molecule has 1 unspecified atom stereocenters. The summed E-state index contributed by atoms with van der Waals surface area (Å²) in [5, 5.41) is 12.2. The van der Waals surface area contributed by atoms with Crippen LogP contribution in [-0.4, -0.2) is 25.3 Å². The lowest BCUT2D eigenvalue weighted by Gasteiger charge is -2.01. The van der Waals surface area contributed by atoms with Crippen LogP contribution in [0.25, 0.3) is 11.4 Å². The van der Waals surface area contributed by atoms with Crippen LogP contribution in [0.4, 0.5) is 0 Å². The van der Waals surface area contributed by atoms with Crippen LogP contribution < -0.4 is 0 Å². The Morgan fingerprint density at radius 1 is 1.24 bits per heavy atom. The SMILES string of the molecule is Cc1noc(C(C)Sc2n[nH]c(-c3ccc(Cl)cc3)n2)n1. The van der Waals surface area contributed by atoms with Gasteiger partial charge in [-0.15, -0.1) is 5.10 Å². The van der Waals surface area contributed by atoms with Crippen LogP contribution >= 0.6 is 23.4 Å². The van der Waals surface area contributed by atoms with Gasteiger partial charge in [-0.1, -0.05) is 28.5 Å². The summed E-state index contributed by atoms with van der Waals surface area (Å²) in [5.41, 5.74) is 0.931. The van der Waals surface area contributed by atoms with E-state index < -0.39 is 0 Å². The van der Waals surface area contributed by atoms with Crippen LogP contribution in [0.15, 0.2) is 33.9 Å². The lowest BCUT2D eigenvalue weighted by atomic mass is 10.2. The largest absolute Gasteiger partial charge is 0.338 e. The molecule has 0 saturated carbocycles. The van der Waals surface area contributed by atoms with Crippen LogP contribution in [0, 0.1) is 6.92 Å². The molecule has 0 saturated heterocycles. The fourth-order valence-corrected chi connectivity index (χ4v) is 2.60. The van der Waals surface area contributed by atoms with Crippen molar-refractivity contribution in [3.8, 4) is 11.4 Å². The number of thioether (sulfide) groups is 1. The van der Waals surface area contributed by atoms with Crippen LogP contribution in [0.1, 0.15) is 23.9 Å². The molecule has 0 bridgehead atoms. The van der Waals surface area contributed by atoms with Crippen LogP contribution in [0.5, 0.6) is 0 Å². The number of hydrogen-bond donors (Lipinski definition) is 1. The van der Waals surface area contributed by atoms with E-state index in [9.17, 15) is 0 Å². The van der Waals surface area contributed by atoms with Crippen molar-refractivity contribution in [3.63, 3.8) is 0 Å². The van der Waals surface area contributed by atoms with E-state index in [0.29, 0.717) is 27.7 Å². The minimum atomic E-state index is -0.0138. The smallest absolute Gasteiger partial charge is 0.239 e. The second-order valence-corrected chi connectivity index (χ2v) is 6.16. The number of aryl methyl sites for hydroxylation is 1. The molecule has 0 aliphatic rings. The van der Waals surface area contributed by atoms with Crippen LogP contribution in [0.3, 0.4) is 0 Å². The molecule has 108 valence electrons. The van der Waals surface area contributed by atoms with E-state index in [2.05, 4.69) is 25.3 Å². The van der Waals surface area contributed by atoms with Gasteiger partial charge in [0.15, 0.2) is 11.6 Å². The van der Waals surface area contributed by atoms with Crippen molar-refractivity contribution in [2.45, 2.75) is 24.3 Å². The highest BCUT2D eigenvalue weighted by Crippen LogP contribution is 2.32. The predicted molar refractivity (Wildman–Crippen MR) is 80.1 cm³/mol. The summed E-state index contributed by atoms with van der Waals surface area (Å²) in [4.78, 5) is 8.65. The number of benzene rings is 1. The Labute approximate surface area is 130 Å². The summed E-state index contributed by atoms with van der Waals surface area (Å²) >= 11 is 7.32. The molecule has 0 radical (unpaired) electrons. The highest BCUT2D eigenvalue weighted by Gasteiger charge is 2.17. The lowest BCUT2D eigenvalue weighted by Crippen LogP contribution is -1.89. The lowest BCUT2D eigenvalue weighted by molar-refractivity contribution is 0.376. The molecule has 1 N–H and O–H groups in total. The summed E-state index contributed by atoms with van der Waals surface area (Å²) in [6.07, 6.45) is 0. The summed E-state index contributed by atoms with van der Waals surface area (Å²) in [5.74, 6) is 1.88. The van der Waals surface area contributed by atoms with Crippen molar-refractivity contribution in [2.75, 3.05) is 0 Å². The molecule has 0 amide bonds. The number of hydrogen-bond acceptors (Lipinski definition) is 6. The Hall–Kier alpha value is -1.86. The fourth-order valence-electron chi connectivity index (χ4n) is 1.72. The summed E-state index contributed by atoms with van der Waals surface area (Å²) in [7, 11) is 0. The number of H-pyrrole nitrogens is 1. The van der Waals surface area contributed by atoms with Gasteiger partial charge in [-0.25, -0.2) is 4.98 Å². The maximum absolute atomic E-state index is 5.87. The summed E-state index contributed by atoms with van der Waals surface area (Å²) in [6, 6.07) is 7.41. The monoisotopic (exact) mass is 321 g/mol. The number of halogens is 1. The van der Waals surface area contributed by atoms with Crippen molar-refractivity contribution in [3.05, 3.63) is 41.0 Å². The Morgan fingerprint density at radius 3 is 2.67 bits per heavy atom. The molecule has 3 rings (SSSR count). The molecular weight excluding hydrogens is 310 g/mol. The van der Waals surface area contributed by atoms with Crippen molar-refractivity contribution < 1.29 is 4.52 Å². The molecule has 2 aromatic heterocycles. The summed E-state index contributed by atoms with van der Waals surface area (Å²) in [6.45, 7) is 3.76.